The number of thiophene rings is 1. The highest BCUT2D eigenvalue weighted by Crippen LogP contribution is 2.65. The molecule has 1 aromatic rings. The second-order valence-corrected chi connectivity index (χ2v) is 9.45. The Morgan fingerprint density at radius 2 is 1.95 bits per heavy atom. The number of sulfonamides is 1. The van der Waals surface area contributed by atoms with Gasteiger partial charge < -0.3 is 20.6 Å². The first-order valence-corrected chi connectivity index (χ1v) is 9.67. The molecule has 2 rings (SSSR count). The summed E-state index contributed by atoms with van der Waals surface area (Å²) in [4.78, 5) is 11.9. The molecule has 22 heavy (non-hydrogen) atoms. The number of rotatable bonds is 3. The highest BCUT2D eigenvalue weighted by Gasteiger charge is 2.58. The van der Waals surface area contributed by atoms with E-state index in [9.17, 15) is 37.6 Å². The second kappa shape index (κ2) is 5.12. The van der Waals surface area contributed by atoms with E-state index in [0.29, 0.717) is 0 Å². The minimum absolute atomic E-state index is 0.111. The molecule has 0 radical (unpaired) electrons. The summed E-state index contributed by atoms with van der Waals surface area (Å²) in [6.45, 7) is 1.66. The maximum absolute atomic E-state index is 11.9. The lowest BCUT2D eigenvalue weighted by atomic mass is 10.0. The van der Waals surface area contributed by atoms with E-state index in [0.717, 1.165) is 0 Å². The monoisotopic (exact) mass is 374 g/mol. The molecule has 126 valence electrons. The Bertz CT molecular complexity index is 738. The van der Waals surface area contributed by atoms with E-state index in [4.69, 9.17) is 5.14 Å². The number of hydrogen-bond acceptors (Lipinski definition) is 10. The van der Waals surface area contributed by atoms with Gasteiger partial charge >= 0.3 is 5.12 Å². The number of likely N-dealkylation sites (N-methyl/N-ethyl adjacent to an activating group) is 1. The molecular weight excluding hydrogens is 360 g/mol. The molecule has 0 bridgehead atoms. The van der Waals surface area contributed by atoms with E-state index in [-0.39, 0.29) is 17.9 Å². The topological polar surface area (TPSA) is 190 Å². The van der Waals surface area contributed by atoms with Gasteiger partial charge in [-0.15, -0.1) is 11.3 Å². The summed E-state index contributed by atoms with van der Waals surface area (Å²) in [7, 11) is -8.80. The zero-order valence-electron chi connectivity index (χ0n) is 11.0. The van der Waals surface area contributed by atoms with E-state index in [2.05, 4.69) is 5.32 Å². The number of aromatic hydroxyl groups is 1. The first-order valence-electron chi connectivity index (χ1n) is 5.76. The highest BCUT2D eigenvalue weighted by atomic mass is 32.3. The molecule has 1 atom stereocenters. The Balaban J connectivity index is 2.86. The van der Waals surface area contributed by atoms with Crippen LogP contribution in [0.4, 0.5) is 0 Å². The van der Waals surface area contributed by atoms with Gasteiger partial charge in [0, 0.05) is 0 Å². The summed E-state index contributed by atoms with van der Waals surface area (Å²) in [5, 5.41) is 35.6. The van der Waals surface area contributed by atoms with Gasteiger partial charge in [0.1, 0.15) is 10.3 Å². The van der Waals surface area contributed by atoms with Gasteiger partial charge in [-0.1, -0.05) is 17.5 Å². The summed E-state index contributed by atoms with van der Waals surface area (Å²) in [5.74, 6) is -4.19. The van der Waals surface area contributed by atoms with Crippen molar-refractivity contribution in [1.29, 1.82) is 0 Å². The van der Waals surface area contributed by atoms with Crippen LogP contribution >= 0.6 is 21.9 Å². The second-order valence-electron chi connectivity index (χ2n) is 4.54. The molecule has 1 aliphatic heterocycles. The van der Waals surface area contributed by atoms with Gasteiger partial charge in [0.2, 0.25) is 0 Å². The fraction of sp³-hybridized carbons (Fsp3) is 0.444. The molecular formula is C9H14N2O8S3. The van der Waals surface area contributed by atoms with Crippen LogP contribution in [0.15, 0.2) is 8.42 Å². The zero-order chi connectivity index (χ0) is 17.1. The minimum atomic E-state index is -4.41. The predicted octanol–water partition coefficient (Wildman–Crippen LogP) is -0.918. The molecule has 0 aliphatic carbocycles. The molecule has 0 fully saturated rings. The van der Waals surface area contributed by atoms with Crippen LogP contribution in [0, 0.1) is 0 Å². The van der Waals surface area contributed by atoms with Crippen molar-refractivity contribution in [3.63, 3.8) is 0 Å². The van der Waals surface area contributed by atoms with Crippen LogP contribution in [0.2, 0.25) is 0 Å². The van der Waals surface area contributed by atoms with E-state index >= 15 is 0 Å². The third kappa shape index (κ3) is 2.34. The quantitative estimate of drug-likeness (QED) is 0.328. The summed E-state index contributed by atoms with van der Waals surface area (Å²) < 4.78 is 41.4. The number of carbonyl (C=O) groups is 1. The molecule has 0 aromatic carbocycles. The molecule has 0 saturated carbocycles. The maximum atomic E-state index is 11.9. The van der Waals surface area contributed by atoms with Gasteiger partial charge in [-0.05, 0) is 6.54 Å². The van der Waals surface area contributed by atoms with Crippen LogP contribution < -0.4 is 10.5 Å². The molecule has 0 amide bonds. The summed E-state index contributed by atoms with van der Waals surface area (Å²) in [6.07, 6.45) is 0. The Kier molecular flexibility index (Phi) is 4.09. The van der Waals surface area contributed by atoms with Gasteiger partial charge in [0.15, 0.2) is 9.96 Å². The first-order chi connectivity index (χ1) is 9.86. The molecule has 1 unspecified atom stereocenters. The van der Waals surface area contributed by atoms with Crippen LogP contribution in [0.1, 0.15) is 18.5 Å². The van der Waals surface area contributed by atoms with Crippen LogP contribution in [-0.4, -0.2) is 50.3 Å². The predicted molar refractivity (Wildman–Crippen MR) is 77.1 cm³/mol. The summed E-state index contributed by atoms with van der Waals surface area (Å²) in [6, 6.07) is -1.65. The van der Waals surface area contributed by atoms with E-state index in [1.54, 1.807) is 6.92 Å². The molecule has 1 aromatic heterocycles. The number of primary sulfonamides is 1. The third-order valence-corrected chi connectivity index (χ3v) is 7.97. The van der Waals surface area contributed by atoms with Crippen LogP contribution in [0.5, 0.6) is 5.75 Å². The molecule has 8 N–H and O–H groups in total. The van der Waals surface area contributed by atoms with Crippen molar-refractivity contribution in [2.45, 2.75) is 27.2 Å². The number of hydrogen-bond donors (Lipinski definition) is 7. The van der Waals surface area contributed by atoms with Crippen molar-refractivity contribution < 1.29 is 37.6 Å². The van der Waals surface area contributed by atoms with Crippen molar-refractivity contribution in [3.05, 3.63) is 5.56 Å². The SMILES string of the molecule is CCNC1c2c(sc(S(N)(=O)=O)c2O)S(O)(O)C(=O)C1(O)O. The standard InChI is InChI=1S/C9H14N2O8S3/c1-2-11-5-3-4(12)7(22(10,18)19)20-6(3)21(16,17)8(13)9(5,14)15/h5,11-12,14-17H,2H2,1H3,(H2,10,18,19). The summed E-state index contributed by atoms with van der Waals surface area (Å²) >= 11 is 0.201. The van der Waals surface area contributed by atoms with Crippen molar-refractivity contribution in [1.82, 2.24) is 5.32 Å². The number of fused-ring (bicyclic) bond motifs is 1. The number of nitrogens with one attached hydrogen (secondary N) is 1. The largest absolute Gasteiger partial charge is 0.505 e. The molecule has 10 nitrogen and oxygen atoms in total. The normalized spacial score (nSPS) is 24.8. The van der Waals surface area contributed by atoms with Crippen LogP contribution in [-0.2, 0) is 14.8 Å². The molecule has 1 aliphatic rings. The summed E-state index contributed by atoms with van der Waals surface area (Å²) in [5.41, 5.74) is -0.486. The number of carbonyl (C=O) groups excluding carboxylic acids is 1. The smallest absolute Gasteiger partial charge is 0.306 e. The fourth-order valence-corrected chi connectivity index (χ4v) is 6.23. The average molecular weight is 374 g/mol. The lowest BCUT2D eigenvalue weighted by Gasteiger charge is -2.43. The van der Waals surface area contributed by atoms with Crippen molar-refractivity contribution in [3.8, 4) is 5.75 Å². The van der Waals surface area contributed by atoms with Gasteiger partial charge in [0.25, 0.3) is 15.8 Å². The number of aliphatic hydroxyl groups is 2. The Morgan fingerprint density at radius 3 is 2.41 bits per heavy atom. The fourth-order valence-electron chi connectivity index (χ4n) is 2.11. The van der Waals surface area contributed by atoms with Crippen LogP contribution in [0.25, 0.3) is 0 Å². The Hall–Kier alpha value is -0.770. The molecule has 13 heteroatoms. The average Bonchev–Trinajstić information content (AvgIpc) is 2.71. The highest BCUT2D eigenvalue weighted by molar-refractivity contribution is 8.37. The lowest BCUT2D eigenvalue weighted by molar-refractivity contribution is -0.188. The van der Waals surface area contributed by atoms with Crippen molar-refractivity contribution in [2.24, 2.45) is 5.14 Å². The van der Waals surface area contributed by atoms with Crippen LogP contribution in [0.3, 0.4) is 0 Å². The van der Waals surface area contributed by atoms with Gasteiger partial charge in [-0.3, -0.25) is 13.9 Å². The molecule has 2 heterocycles. The maximum Gasteiger partial charge on any atom is 0.306 e. The Morgan fingerprint density at radius 1 is 1.41 bits per heavy atom. The minimum Gasteiger partial charge on any atom is -0.505 e. The lowest BCUT2D eigenvalue weighted by Crippen LogP contribution is -2.54. The Labute approximate surface area is 130 Å². The van der Waals surface area contributed by atoms with Gasteiger partial charge in [-0.25, -0.2) is 13.6 Å². The zero-order valence-corrected chi connectivity index (χ0v) is 13.5. The number of nitrogens with two attached hydrogens (primary N) is 1. The van der Waals surface area contributed by atoms with E-state index in [1.165, 1.54) is 0 Å². The molecule has 0 saturated heterocycles. The van der Waals surface area contributed by atoms with Crippen molar-refractivity contribution >= 4 is 37.1 Å². The van der Waals surface area contributed by atoms with E-state index < -0.39 is 57.3 Å². The molecule has 0 spiro atoms. The van der Waals surface area contributed by atoms with Gasteiger partial charge in [-0.2, -0.15) is 0 Å². The van der Waals surface area contributed by atoms with E-state index in [1.807, 2.05) is 0 Å². The van der Waals surface area contributed by atoms with Gasteiger partial charge in [0.05, 0.1) is 5.56 Å². The van der Waals surface area contributed by atoms with Crippen molar-refractivity contribution in [2.75, 3.05) is 6.54 Å². The first kappa shape index (κ1) is 17.6. The third-order valence-electron chi connectivity index (χ3n) is 3.03.